The Hall–Kier alpha value is -2.88. The first-order valence-electron chi connectivity index (χ1n) is 8.36. The van der Waals surface area contributed by atoms with Gasteiger partial charge in [-0.1, -0.05) is 24.0 Å². The molecule has 6 heteroatoms. The zero-order chi connectivity index (χ0) is 18.5. The number of carbonyl (C=O) groups is 1. The van der Waals surface area contributed by atoms with Gasteiger partial charge in [-0.2, -0.15) is 0 Å². The topological polar surface area (TPSA) is 90.4 Å². The molecule has 2 unspecified atom stereocenters. The fourth-order valence-corrected chi connectivity index (χ4v) is 3.38. The van der Waals surface area contributed by atoms with Crippen molar-refractivity contribution in [3.8, 4) is 23.2 Å². The summed E-state index contributed by atoms with van der Waals surface area (Å²) >= 11 is 0. The van der Waals surface area contributed by atoms with E-state index in [0.717, 1.165) is 28.9 Å². The molecule has 6 nitrogen and oxygen atoms in total. The van der Waals surface area contributed by atoms with Gasteiger partial charge in [0.1, 0.15) is 17.1 Å². The number of methoxy groups -OCH3 is 1. The summed E-state index contributed by atoms with van der Waals surface area (Å²) in [4.78, 5) is 16.0. The van der Waals surface area contributed by atoms with E-state index < -0.39 is 11.5 Å². The number of benzene rings is 1. The number of aliphatic hydroxyl groups is 1. The van der Waals surface area contributed by atoms with Crippen molar-refractivity contribution in [1.82, 2.24) is 9.55 Å². The Kier molecular flexibility index (Phi) is 3.72. The third-order valence-electron chi connectivity index (χ3n) is 4.67. The lowest BCUT2D eigenvalue weighted by molar-refractivity contribution is 0.0274. The predicted molar refractivity (Wildman–Crippen MR) is 97.2 cm³/mol. The van der Waals surface area contributed by atoms with Crippen molar-refractivity contribution in [2.75, 3.05) is 13.7 Å². The molecule has 0 spiro atoms. The second kappa shape index (κ2) is 5.84. The van der Waals surface area contributed by atoms with Crippen molar-refractivity contribution >= 4 is 11.5 Å². The van der Waals surface area contributed by atoms with Crippen molar-refractivity contribution in [2.45, 2.75) is 25.0 Å². The molecule has 3 N–H and O–H groups in total. The van der Waals surface area contributed by atoms with Gasteiger partial charge >= 0.3 is 0 Å². The third-order valence-corrected chi connectivity index (χ3v) is 4.67. The first kappa shape index (κ1) is 16.6. The maximum absolute atomic E-state index is 11.5. The number of ether oxygens (including phenoxy) is 1. The van der Waals surface area contributed by atoms with Gasteiger partial charge in [0.2, 0.25) is 0 Å². The molecule has 1 aromatic carbocycles. The summed E-state index contributed by atoms with van der Waals surface area (Å²) in [5.41, 5.74) is 8.48. The fraction of sp³-hybridized carbons (Fsp3) is 0.300. The number of primary amides is 1. The van der Waals surface area contributed by atoms with Crippen LogP contribution < -0.4 is 5.73 Å². The van der Waals surface area contributed by atoms with E-state index in [-0.39, 0.29) is 18.3 Å². The minimum absolute atomic E-state index is 0.131. The van der Waals surface area contributed by atoms with Gasteiger partial charge in [0.25, 0.3) is 5.91 Å². The van der Waals surface area contributed by atoms with Crippen LogP contribution in [-0.4, -0.2) is 39.9 Å². The van der Waals surface area contributed by atoms with Crippen LogP contribution in [0.5, 0.6) is 0 Å². The molecule has 2 aliphatic heterocycles. The van der Waals surface area contributed by atoms with Crippen LogP contribution in [0.2, 0.25) is 0 Å². The molecule has 3 aliphatic rings. The summed E-state index contributed by atoms with van der Waals surface area (Å²) in [7, 11) is 1.52. The van der Waals surface area contributed by atoms with E-state index in [1.807, 2.05) is 22.8 Å². The Bertz CT molecular complexity index is 1010. The minimum atomic E-state index is -1.22. The number of aromatic nitrogens is 2. The molecule has 1 aliphatic carbocycles. The lowest BCUT2D eigenvalue weighted by Gasteiger charge is -2.24. The van der Waals surface area contributed by atoms with E-state index >= 15 is 0 Å². The number of imidazole rings is 1. The first-order valence-corrected chi connectivity index (χ1v) is 8.36. The van der Waals surface area contributed by atoms with Crippen LogP contribution in [0.3, 0.4) is 0 Å². The predicted octanol–water partition coefficient (Wildman–Crippen LogP) is 1.74. The molecule has 26 heavy (non-hydrogen) atoms. The highest BCUT2D eigenvalue weighted by molar-refractivity contribution is 5.92. The average Bonchev–Trinajstić information content (AvgIpc) is 2.88. The van der Waals surface area contributed by atoms with Gasteiger partial charge in [-0.15, -0.1) is 0 Å². The van der Waals surface area contributed by atoms with E-state index in [9.17, 15) is 9.90 Å². The van der Waals surface area contributed by atoms with Gasteiger partial charge in [-0.3, -0.25) is 4.79 Å². The quantitative estimate of drug-likeness (QED) is 0.826. The van der Waals surface area contributed by atoms with Crippen LogP contribution in [0.25, 0.3) is 17.0 Å². The first-order chi connectivity index (χ1) is 12.4. The Morgan fingerprint density at radius 1 is 1.50 bits per heavy atom. The molecule has 2 atom stereocenters. The number of amides is 1. The van der Waals surface area contributed by atoms with Crippen LogP contribution in [0.1, 0.15) is 41.0 Å². The Labute approximate surface area is 151 Å². The van der Waals surface area contributed by atoms with E-state index in [0.29, 0.717) is 0 Å². The van der Waals surface area contributed by atoms with Crippen molar-refractivity contribution in [3.05, 3.63) is 47.3 Å². The zero-order valence-corrected chi connectivity index (χ0v) is 14.6. The highest BCUT2D eigenvalue weighted by Gasteiger charge is 2.32. The van der Waals surface area contributed by atoms with E-state index in [4.69, 9.17) is 10.5 Å². The zero-order valence-electron chi connectivity index (χ0n) is 14.6. The molecule has 1 aromatic heterocycles. The van der Waals surface area contributed by atoms with Crippen LogP contribution in [0, 0.1) is 11.8 Å². The summed E-state index contributed by atoms with van der Waals surface area (Å²) in [5, 5.41) is 10.2. The van der Waals surface area contributed by atoms with E-state index in [2.05, 4.69) is 22.9 Å². The molecule has 0 radical (unpaired) electrons. The smallest absolute Gasteiger partial charge is 0.268 e. The highest BCUT2D eigenvalue weighted by Crippen LogP contribution is 2.46. The summed E-state index contributed by atoms with van der Waals surface area (Å²) in [6.07, 6.45) is 4.80. The molecule has 0 fully saturated rings. The standard InChI is InChI=1S/C20H19N3O3/c1-20(25,11-26-2)6-5-12-3-4-15-13-8-14(9-13)23-10-17(18(21)24)22-19(23)16(15)7-12/h3-4,7-8,10,14,25H,9,11H2,1-2H3,(H2,21,24). The number of hydrogen-bond acceptors (Lipinski definition) is 4. The average molecular weight is 349 g/mol. The molecule has 0 saturated heterocycles. The maximum Gasteiger partial charge on any atom is 0.268 e. The SMILES string of the molecule is COCC(C)(O)C#Cc1ccc2c(c1)-c1nc(C(N)=O)cn1C1C=C2C1. The number of nitrogens with zero attached hydrogens (tertiary/aromatic N) is 2. The molecule has 2 aromatic rings. The normalized spacial score (nSPS) is 18.9. The molecule has 3 heterocycles. The van der Waals surface area contributed by atoms with E-state index in [1.54, 1.807) is 13.1 Å². The largest absolute Gasteiger partial charge is 0.381 e. The number of allylic oxidation sites excluding steroid dienone is 2. The Morgan fingerprint density at radius 2 is 2.27 bits per heavy atom. The van der Waals surface area contributed by atoms with Gasteiger partial charge in [-0.25, -0.2) is 4.98 Å². The second-order valence-electron chi connectivity index (χ2n) is 6.90. The Morgan fingerprint density at radius 3 is 2.96 bits per heavy atom. The summed E-state index contributed by atoms with van der Waals surface area (Å²) < 4.78 is 6.97. The molecule has 1 amide bonds. The van der Waals surface area contributed by atoms with Gasteiger partial charge in [0.15, 0.2) is 0 Å². The fourth-order valence-electron chi connectivity index (χ4n) is 3.38. The molecule has 5 rings (SSSR count). The molecule has 2 bridgehead atoms. The molecular weight excluding hydrogens is 330 g/mol. The van der Waals surface area contributed by atoms with Crippen molar-refractivity contribution in [1.29, 1.82) is 0 Å². The lowest BCUT2D eigenvalue weighted by atomic mass is 9.86. The van der Waals surface area contributed by atoms with Crippen LogP contribution >= 0.6 is 0 Å². The third kappa shape index (κ3) is 2.71. The van der Waals surface area contributed by atoms with Gasteiger partial charge in [0, 0.05) is 24.4 Å². The van der Waals surface area contributed by atoms with Gasteiger partial charge in [0.05, 0.1) is 12.6 Å². The van der Waals surface area contributed by atoms with Gasteiger partial charge < -0.3 is 20.1 Å². The van der Waals surface area contributed by atoms with Gasteiger partial charge in [-0.05, 0) is 36.6 Å². The highest BCUT2D eigenvalue weighted by atomic mass is 16.5. The molecule has 0 saturated carbocycles. The van der Waals surface area contributed by atoms with Crippen molar-refractivity contribution < 1.29 is 14.6 Å². The van der Waals surface area contributed by atoms with Crippen LogP contribution in [0.4, 0.5) is 0 Å². The van der Waals surface area contributed by atoms with E-state index in [1.165, 1.54) is 12.7 Å². The molecular formula is C20H19N3O3. The summed E-state index contributed by atoms with van der Waals surface area (Å²) in [5.74, 6) is 6.01. The monoisotopic (exact) mass is 349 g/mol. The molecule has 132 valence electrons. The minimum Gasteiger partial charge on any atom is -0.381 e. The summed E-state index contributed by atoms with van der Waals surface area (Å²) in [6.45, 7) is 1.74. The number of carbonyl (C=O) groups excluding carboxylic acids is 1. The second-order valence-corrected chi connectivity index (χ2v) is 6.90. The number of rotatable bonds is 3. The Balaban J connectivity index is 1.80. The van der Waals surface area contributed by atoms with Crippen molar-refractivity contribution in [2.24, 2.45) is 5.73 Å². The summed E-state index contributed by atoms with van der Waals surface area (Å²) in [6, 6.07) is 6.08. The van der Waals surface area contributed by atoms with Crippen LogP contribution in [-0.2, 0) is 4.74 Å². The van der Waals surface area contributed by atoms with Crippen LogP contribution in [0.15, 0.2) is 30.5 Å². The number of nitrogens with two attached hydrogens (primary N) is 1. The number of hydrogen-bond donors (Lipinski definition) is 2. The maximum atomic E-state index is 11.5. The van der Waals surface area contributed by atoms with Crippen molar-refractivity contribution in [3.63, 3.8) is 0 Å². The lowest BCUT2D eigenvalue weighted by Crippen LogP contribution is -2.27.